The molecule has 0 aliphatic heterocycles. The number of rotatable bonds is 4. The highest BCUT2D eigenvalue weighted by Crippen LogP contribution is 2.28. The molecule has 1 aromatic heterocycles. The first kappa shape index (κ1) is 17.8. The zero-order chi connectivity index (χ0) is 18.9. The summed E-state index contributed by atoms with van der Waals surface area (Å²) >= 11 is 0. The van der Waals surface area contributed by atoms with Gasteiger partial charge in [0.2, 0.25) is 0 Å². The highest BCUT2D eigenvalue weighted by atomic mass is 32.2. The lowest BCUT2D eigenvalue weighted by Gasteiger charge is -2.08. The molecule has 0 atom stereocenters. The number of benzene rings is 2. The molecule has 0 saturated heterocycles. The highest BCUT2D eigenvalue weighted by Gasteiger charge is 2.18. The Labute approximate surface area is 150 Å². The largest absolute Gasteiger partial charge is 0.282 e. The Kier molecular flexibility index (Phi) is 4.62. The van der Waals surface area contributed by atoms with E-state index in [0.717, 1.165) is 6.26 Å². The van der Waals surface area contributed by atoms with Gasteiger partial charge in [-0.15, -0.1) is 6.42 Å². The Morgan fingerprint density at radius 3 is 2.19 bits per heavy atom. The number of alkyl halides is 2. The van der Waals surface area contributed by atoms with Crippen molar-refractivity contribution in [3.8, 4) is 29.3 Å². The molecule has 4 nitrogen and oxygen atoms in total. The number of hydrogen-bond donors (Lipinski definition) is 0. The lowest BCUT2D eigenvalue weighted by molar-refractivity contribution is 0.145. The van der Waals surface area contributed by atoms with E-state index < -0.39 is 16.3 Å². The third kappa shape index (κ3) is 3.51. The van der Waals surface area contributed by atoms with Crippen LogP contribution in [0.3, 0.4) is 0 Å². The molecule has 3 rings (SSSR count). The van der Waals surface area contributed by atoms with Gasteiger partial charge in [-0.05, 0) is 42.5 Å². The number of halogens is 2. The van der Waals surface area contributed by atoms with Crippen LogP contribution >= 0.6 is 0 Å². The van der Waals surface area contributed by atoms with Crippen LogP contribution < -0.4 is 0 Å². The molecule has 0 N–H and O–H groups in total. The third-order valence-electron chi connectivity index (χ3n) is 3.81. The van der Waals surface area contributed by atoms with Crippen molar-refractivity contribution in [2.45, 2.75) is 11.3 Å². The summed E-state index contributed by atoms with van der Waals surface area (Å²) < 4.78 is 50.8. The molecule has 0 aliphatic rings. The summed E-state index contributed by atoms with van der Waals surface area (Å²) in [5.74, 6) is 2.50. The molecule has 2 aromatic carbocycles. The third-order valence-corrected chi connectivity index (χ3v) is 4.94. The van der Waals surface area contributed by atoms with Gasteiger partial charge in [-0.3, -0.25) is 0 Å². The average molecular weight is 372 g/mol. The fourth-order valence-corrected chi connectivity index (χ4v) is 3.11. The first-order chi connectivity index (χ1) is 12.3. The van der Waals surface area contributed by atoms with Crippen molar-refractivity contribution in [2.75, 3.05) is 6.26 Å². The van der Waals surface area contributed by atoms with E-state index in [9.17, 15) is 17.2 Å². The van der Waals surface area contributed by atoms with E-state index in [1.165, 1.54) is 35.0 Å². The van der Waals surface area contributed by atoms with E-state index in [4.69, 9.17) is 6.42 Å². The molecule has 0 unspecified atom stereocenters. The Bertz CT molecular complexity index is 1080. The fraction of sp³-hybridized carbons (Fsp3) is 0.105. The SMILES string of the molecule is C#Cc1ccc(-c2cc(C(F)F)nn2-c2ccc(S(C)(=O)=O)cc2)cc1. The maximum atomic E-state index is 13.1. The van der Waals surface area contributed by atoms with E-state index in [0.29, 0.717) is 22.5 Å². The van der Waals surface area contributed by atoms with E-state index in [1.54, 1.807) is 24.3 Å². The molecule has 0 amide bonds. The van der Waals surface area contributed by atoms with E-state index >= 15 is 0 Å². The smallest absolute Gasteiger partial charge is 0.233 e. The van der Waals surface area contributed by atoms with Gasteiger partial charge in [-0.1, -0.05) is 18.1 Å². The van der Waals surface area contributed by atoms with Crippen LogP contribution in [0.5, 0.6) is 0 Å². The Morgan fingerprint density at radius 2 is 1.69 bits per heavy atom. The number of aromatic nitrogens is 2. The minimum atomic E-state index is -3.35. The van der Waals surface area contributed by atoms with Gasteiger partial charge in [0, 0.05) is 17.4 Å². The van der Waals surface area contributed by atoms with Crippen LogP contribution in [0.15, 0.2) is 59.5 Å². The normalized spacial score (nSPS) is 11.5. The van der Waals surface area contributed by atoms with Crippen molar-refractivity contribution in [1.82, 2.24) is 9.78 Å². The quantitative estimate of drug-likeness (QED) is 0.654. The van der Waals surface area contributed by atoms with E-state index in [1.807, 2.05) is 0 Å². The molecule has 7 heteroatoms. The van der Waals surface area contributed by atoms with Crippen molar-refractivity contribution in [3.63, 3.8) is 0 Å². The fourth-order valence-electron chi connectivity index (χ4n) is 2.48. The van der Waals surface area contributed by atoms with Gasteiger partial charge in [-0.25, -0.2) is 21.9 Å². The Balaban J connectivity index is 2.12. The molecule has 0 bridgehead atoms. The summed E-state index contributed by atoms with van der Waals surface area (Å²) in [6.07, 6.45) is 3.71. The first-order valence-corrected chi connectivity index (χ1v) is 9.44. The highest BCUT2D eigenvalue weighted by molar-refractivity contribution is 7.90. The summed E-state index contributed by atoms with van der Waals surface area (Å²) in [6.45, 7) is 0. The van der Waals surface area contributed by atoms with Gasteiger partial charge in [0.15, 0.2) is 9.84 Å². The molecule has 26 heavy (non-hydrogen) atoms. The minimum absolute atomic E-state index is 0.141. The zero-order valence-corrected chi connectivity index (χ0v) is 14.5. The second-order valence-corrected chi connectivity index (χ2v) is 7.67. The molecular weight excluding hydrogens is 358 g/mol. The predicted octanol–water partition coefficient (Wildman–Crippen LogP) is 3.86. The van der Waals surface area contributed by atoms with Crippen LogP contribution in [0.1, 0.15) is 17.7 Å². The van der Waals surface area contributed by atoms with Crippen molar-refractivity contribution >= 4 is 9.84 Å². The number of hydrogen-bond acceptors (Lipinski definition) is 3. The van der Waals surface area contributed by atoms with E-state index in [2.05, 4.69) is 11.0 Å². The van der Waals surface area contributed by atoms with Crippen LogP contribution in [0.25, 0.3) is 16.9 Å². The van der Waals surface area contributed by atoms with Gasteiger partial charge >= 0.3 is 0 Å². The van der Waals surface area contributed by atoms with Gasteiger partial charge in [0.1, 0.15) is 5.69 Å². The molecule has 3 aromatic rings. The standard InChI is InChI=1S/C19H14F2N2O2S/c1-3-13-4-6-14(7-5-13)18-12-17(19(20)21)22-23(18)15-8-10-16(11-9-15)26(2,24)25/h1,4-12,19H,2H3. The molecule has 0 radical (unpaired) electrons. The predicted molar refractivity (Wildman–Crippen MR) is 95.0 cm³/mol. The lowest BCUT2D eigenvalue weighted by Crippen LogP contribution is -2.02. The number of nitrogens with zero attached hydrogens (tertiary/aromatic N) is 2. The van der Waals surface area contributed by atoms with Crippen LogP contribution in [0, 0.1) is 12.3 Å². The first-order valence-electron chi connectivity index (χ1n) is 7.55. The number of terminal acetylenes is 1. The molecule has 0 saturated carbocycles. The molecule has 0 aliphatic carbocycles. The summed E-state index contributed by atoms with van der Waals surface area (Å²) in [5.41, 5.74) is 1.89. The van der Waals surface area contributed by atoms with Gasteiger partial charge in [0.05, 0.1) is 16.3 Å². The molecule has 132 valence electrons. The van der Waals surface area contributed by atoms with Crippen LogP contribution in [0.2, 0.25) is 0 Å². The molecule has 0 fully saturated rings. The Hall–Kier alpha value is -2.98. The monoisotopic (exact) mass is 372 g/mol. The zero-order valence-electron chi connectivity index (χ0n) is 13.7. The number of sulfone groups is 1. The van der Waals surface area contributed by atoms with Crippen LogP contribution in [0.4, 0.5) is 8.78 Å². The lowest BCUT2D eigenvalue weighted by atomic mass is 10.1. The summed E-state index contributed by atoms with van der Waals surface area (Å²) in [6, 6.07) is 14.1. The summed E-state index contributed by atoms with van der Waals surface area (Å²) in [7, 11) is -3.35. The molecule has 1 heterocycles. The van der Waals surface area contributed by atoms with Gasteiger partial charge < -0.3 is 0 Å². The molecule has 0 spiro atoms. The van der Waals surface area contributed by atoms with Crippen molar-refractivity contribution in [1.29, 1.82) is 0 Å². The second-order valence-electron chi connectivity index (χ2n) is 5.65. The maximum Gasteiger partial charge on any atom is 0.282 e. The van der Waals surface area contributed by atoms with Gasteiger partial charge in [0.25, 0.3) is 6.43 Å². The molecular formula is C19H14F2N2O2S. The van der Waals surface area contributed by atoms with E-state index in [-0.39, 0.29) is 10.6 Å². The minimum Gasteiger partial charge on any atom is -0.233 e. The van der Waals surface area contributed by atoms with Crippen LogP contribution in [-0.4, -0.2) is 24.5 Å². The van der Waals surface area contributed by atoms with Crippen LogP contribution in [-0.2, 0) is 9.84 Å². The van der Waals surface area contributed by atoms with Gasteiger partial charge in [-0.2, -0.15) is 5.10 Å². The maximum absolute atomic E-state index is 13.1. The summed E-state index contributed by atoms with van der Waals surface area (Å²) in [5, 5.41) is 3.97. The summed E-state index contributed by atoms with van der Waals surface area (Å²) in [4.78, 5) is 0.141. The average Bonchev–Trinajstić information content (AvgIpc) is 3.07. The second kappa shape index (κ2) is 6.73. The van der Waals surface area contributed by atoms with Crippen molar-refractivity contribution in [3.05, 3.63) is 65.9 Å². The Morgan fingerprint density at radius 1 is 1.08 bits per heavy atom. The van der Waals surface area contributed by atoms with Crippen molar-refractivity contribution < 1.29 is 17.2 Å². The van der Waals surface area contributed by atoms with Crippen molar-refractivity contribution in [2.24, 2.45) is 0 Å². The topological polar surface area (TPSA) is 52.0 Å².